The molecule has 0 aliphatic carbocycles. The Morgan fingerprint density at radius 1 is 0.870 bits per heavy atom. The van der Waals surface area contributed by atoms with Crippen molar-refractivity contribution in [2.45, 2.75) is 25.8 Å². The fraction of sp³-hybridized carbons (Fsp3) is 0.222. The fourth-order valence-corrected chi connectivity index (χ4v) is 2.16. The van der Waals surface area contributed by atoms with Crippen molar-refractivity contribution in [3.8, 4) is 5.75 Å². The highest BCUT2D eigenvalue weighted by atomic mass is 16.4. The van der Waals surface area contributed by atoms with E-state index in [1.807, 2.05) is 12.1 Å². The van der Waals surface area contributed by atoms with Crippen LogP contribution in [0.1, 0.15) is 23.1 Å². The van der Waals surface area contributed by atoms with Gasteiger partial charge in [0.25, 0.3) is 0 Å². The van der Waals surface area contributed by atoms with Crippen LogP contribution in [0.4, 0.5) is 0 Å². The van der Waals surface area contributed by atoms with Crippen LogP contribution in [0.15, 0.2) is 48.5 Å². The number of benzene rings is 2. The Labute approximate surface area is 134 Å². The summed E-state index contributed by atoms with van der Waals surface area (Å²) in [5.74, 6) is -0.697. The molecule has 0 aliphatic heterocycles. The molecule has 1 amide bonds. The zero-order valence-corrected chi connectivity index (χ0v) is 12.7. The smallest absolute Gasteiger partial charge is 0.307 e. The number of aromatic hydroxyl groups is 1. The minimum Gasteiger partial charge on any atom is -0.508 e. The van der Waals surface area contributed by atoms with Crippen molar-refractivity contribution in [1.82, 2.24) is 5.32 Å². The Hall–Kier alpha value is -2.82. The lowest BCUT2D eigenvalue weighted by Gasteiger charge is -2.06. The predicted octanol–water partition coefficient (Wildman–Crippen LogP) is 2.27. The van der Waals surface area contributed by atoms with Crippen molar-refractivity contribution in [1.29, 1.82) is 0 Å². The molecule has 2 aromatic carbocycles. The number of hydrogen-bond acceptors (Lipinski definition) is 3. The van der Waals surface area contributed by atoms with Gasteiger partial charge in [0.15, 0.2) is 0 Å². The average Bonchev–Trinajstić information content (AvgIpc) is 2.53. The summed E-state index contributed by atoms with van der Waals surface area (Å²) in [5, 5.41) is 20.7. The van der Waals surface area contributed by atoms with E-state index >= 15 is 0 Å². The molecule has 0 fully saturated rings. The quantitative estimate of drug-likeness (QED) is 0.732. The molecule has 0 atom stereocenters. The SMILES string of the molecule is O=C(O)Cc1ccc(CNC(=O)CCc2ccc(O)cc2)cc1. The molecule has 120 valence electrons. The van der Waals surface area contributed by atoms with Crippen LogP contribution in [0.3, 0.4) is 0 Å². The van der Waals surface area contributed by atoms with Gasteiger partial charge in [0, 0.05) is 13.0 Å². The van der Waals surface area contributed by atoms with E-state index in [-0.39, 0.29) is 18.1 Å². The van der Waals surface area contributed by atoms with E-state index in [4.69, 9.17) is 5.11 Å². The third-order valence-corrected chi connectivity index (χ3v) is 3.45. The first-order valence-corrected chi connectivity index (χ1v) is 7.37. The maximum Gasteiger partial charge on any atom is 0.307 e. The van der Waals surface area contributed by atoms with Gasteiger partial charge in [-0.25, -0.2) is 0 Å². The molecule has 0 unspecified atom stereocenters. The second-order valence-corrected chi connectivity index (χ2v) is 5.33. The highest BCUT2D eigenvalue weighted by Crippen LogP contribution is 2.11. The summed E-state index contributed by atoms with van der Waals surface area (Å²) < 4.78 is 0. The van der Waals surface area contributed by atoms with E-state index in [1.54, 1.807) is 36.4 Å². The molecular weight excluding hydrogens is 294 g/mol. The lowest BCUT2D eigenvalue weighted by Crippen LogP contribution is -2.23. The molecule has 0 bridgehead atoms. The molecule has 2 rings (SSSR count). The maximum absolute atomic E-state index is 11.8. The number of nitrogens with one attached hydrogen (secondary N) is 1. The third-order valence-electron chi connectivity index (χ3n) is 3.45. The Bertz CT molecular complexity index is 662. The number of carbonyl (C=O) groups excluding carboxylic acids is 1. The molecular formula is C18H19NO4. The van der Waals surface area contributed by atoms with Gasteiger partial charge in [-0.2, -0.15) is 0 Å². The van der Waals surface area contributed by atoms with Crippen molar-refractivity contribution in [3.05, 3.63) is 65.2 Å². The fourth-order valence-electron chi connectivity index (χ4n) is 2.16. The Balaban J connectivity index is 1.75. The number of rotatable bonds is 7. The van der Waals surface area contributed by atoms with Crippen LogP contribution in [-0.4, -0.2) is 22.1 Å². The maximum atomic E-state index is 11.8. The van der Waals surface area contributed by atoms with Crippen LogP contribution >= 0.6 is 0 Å². The molecule has 0 heterocycles. The number of phenols is 1. The van der Waals surface area contributed by atoms with Crippen LogP contribution in [-0.2, 0) is 29.0 Å². The Morgan fingerprint density at radius 3 is 2.04 bits per heavy atom. The zero-order chi connectivity index (χ0) is 16.7. The molecule has 0 saturated carbocycles. The lowest BCUT2D eigenvalue weighted by atomic mass is 10.1. The monoisotopic (exact) mass is 313 g/mol. The van der Waals surface area contributed by atoms with Crippen molar-refractivity contribution in [2.24, 2.45) is 0 Å². The van der Waals surface area contributed by atoms with Crippen molar-refractivity contribution < 1.29 is 19.8 Å². The predicted molar refractivity (Wildman–Crippen MR) is 86.1 cm³/mol. The summed E-state index contributed by atoms with van der Waals surface area (Å²) in [6.07, 6.45) is 0.991. The van der Waals surface area contributed by atoms with E-state index in [0.29, 0.717) is 19.4 Å². The zero-order valence-electron chi connectivity index (χ0n) is 12.7. The van der Waals surface area contributed by atoms with Crippen LogP contribution in [0, 0.1) is 0 Å². The van der Waals surface area contributed by atoms with E-state index in [2.05, 4.69) is 5.32 Å². The summed E-state index contributed by atoms with van der Waals surface area (Å²) in [4.78, 5) is 22.4. The van der Waals surface area contributed by atoms with Gasteiger partial charge in [0.2, 0.25) is 5.91 Å². The molecule has 0 aromatic heterocycles. The van der Waals surface area contributed by atoms with Gasteiger partial charge in [-0.15, -0.1) is 0 Å². The van der Waals surface area contributed by atoms with Gasteiger partial charge in [-0.05, 0) is 35.2 Å². The van der Waals surface area contributed by atoms with Gasteiger partial charge in [0.1, 0.15) is 5.75 Å². The van der Waals surface area contributed by atoms with Gasteiger partial charge >= 0.3 is 5.97 Å². The molecule has 2 aromatic rings. The highest BCUT2D eigenvalue weighted by Gasteiger charge is 2.04. The van der Waals surface area contributed by atoms with Crippen LogP contribution < -0.4 is 5.32 Å². The highest BCUT2D eigenvalue weighted by molar-refractivity contribution is 5.76. The number of aryl methyl sites for hydroxylation is 1. The van der Waals surface area contributed by atoms with Crippen molar-refractivity contribution in [2.75, 3.05) is 0 Å². The minimum atomic E-state index is -0.861. The number of aliphatic carboxylic acids is 1. The molecule has 0 radical (unpaired) electrons. The molecule has 0 saturated heterocycles. The van der Waals surface area contributed by atoms with Crippen LogP contribution in [0.5, 0.6) is 5.75 Å². The summed E-state index contributed by atoms with van der Waals surface area (Å²) >= 11 is 0. The molecule has 23 heavy (non-hydrogen) atoms. The van der Waals surface area contributed by atoms with Crippen LogP contribution in [0.2, 0.25) is 0 Å². The standard InChI is InChI=1S/C18H19NO4/c20-16-8-5-13(6-9-16)7-10-17(21)19-12-15-3-1-14(2-4-15)11-18(22)23/h1-6,8-9,20H,7,10-12H2,(H,19,21)(H,22,23). The van der Waals surface area contributed by atoms with Gasteiger partial charge in [-0.3, -0.25) is 9.59 Å². The average molecular weight is 313 g/mol. The first-order valence-electron chi connectivity index (χ1n) is 7.37. The van der Waals surface area contributed by atoms with E-state index in [0.717, 1.165) is 16.7 Å². The summed E-state index contributed by atoms with van der Waals surface area (Å²) in [6.45, 7) is 0.418. The van der Waals surface area contributed by atoms with Gasteiger partial charge < -0.3 is 15.5 Å². The summed E-state index contributed by atoms with van der Waals surface area (Å²) in [7, 11) is 0. The van der Waals surface area contributed by atoms with Gasteiger partial charge in [-0.1, -0.05) is 36.4 Å². The van der Waals surface area contributed by atoms with Crippen molar-refractivity contribution >= 4 is 11.9 Å². The topological polar surface area (TPSA) is 86.6 Å². The molecule has 0 aliphatic rings. The Morgan fingerprint density at radius 2 is 1.43 bits per heavy atom. The van der Waals surface area contributed by atoms with Crippen LogP contribution in [0.25, 0.3) is 0 Å². The molecule has 0 spiro atoms. The summed E-state index contributed by atoms with van der Waals surface area (Å²) in [6, 6.07) is 13.9. The number of phenolic OH excluding ortho intramolecular Hbond substituents is 1. The lowest BCUT2D eigenvalue weighted by molar-refractivity contribution is -0.136. The number of carboxylic acid groups (broad SMARTS) is 1. The van der Waals surface area contributed by atoms with Crippen molar-refractivity contribution in [3.63, 3.8) is 0 Å². The first-order chi connectivity index (χ1) is 11.0. The largest absolute Gasteiger partial charge is 0.508 e. The normalized spacial score (nSPS) is 10.3. The Kier molecular flexibility index (Phi) is 5.74. The third kappa shape index (κ3) is 5.82. The number of hydrogen-bond donors (Lipinski definition) is 3. The second-order valence-electron chi connectivity index (χ2n) is 5.33. The number of amides is 1. The molecule has 5 nitrogen and oxygen atoms in total. The minimum absolute atomic E-state index is 0.000725. The molecule has 5 heteroatoms. The van der Waals surface area contributed by atoms with E-state index < -0.39 is 5.97 Å². The molecule has 3 N–H and O–H groups in total. The number of carbonyl (C=O) groups is 2. The van der Waals surface area contributed by atoms with E-state index in [1.165, 1.54) is 0 Å². The number of carboxylic acids is 1. The summed E-state index contributed by atoms with van der Waals surface area (Å²) in [5.41, 5.74) is 2.66. The second kappa shape index (κ2) is 7.98. The first kappa shape index (κ1) is 16.5. The van der Waals surface area contributed by atoms with Gasteiger partial charge in [0.05, 0.1) is 6.42 Å². The van der Waals surface area contributed by atoms with E-state index in [9.17, 15) is 14.7 Å².